The van der Waals surface area contributed by atoms with E-state index in [1.165, 1.54) is 46.0 Å². The summed E-state index contributed by atoms with van der Waals surface area (Å²) in [5.74, 6) is -4.55. The van der Waals surface area contributed by atoms with E-state index in [9.17, 15) is 19.1 Å². The number of hydrogen-bond acceptors (Lipinski definition) is 9. The smallest absolute Gasteiger partial charge is 0.362 e. The molecule has 280 valence electrons. The summed E-state index contributed by atoms with van der Waals surface area (Å²) in [6.45, 7) is 7.76. The minimum absolute atomic E-state index is 0.179. The third-order valence-electron chi connectivity index (χ3n) is 10.3. The van der Waals surface area contributed by atoms with Gasteiger partial charge in [0.2, 0.25) is 0 Å². The van der Waals surface area contributed by atoms with Gasteiger partial charge in [-0.2, -0.15) is 18.6 Å². The number of piperazine rings is 1. The van der Waals surface area contributed by atoms with Crippen molar-refractivity contribution in [3.05, 3.63) is 135 Å². The lowest BCUT2D eigenvalue weighted by Crippen LogP contribution is -2.51. The SMILES string of the molecule is CC[C@@H]([C@H](C)O)n1ncn(-c2ccc(N3CCN(c4ccc(-c5ccc(C(F)(F)C(C)(c6cccc(F)c6)n6nn[nH]c6=O)nc5)cc4)CC3)cc2)c1=O. The Kier molecular flexibility index (Phi) is 9.70. The largest absolute Gasteiger partial charge is 0.391 e. The number of tetrazole rings is 1. The van der Waals surface area contributed by atoms with Crippen molar-refractivity contribution in [3.63, 3.8) is 0 Å². The van der Waals surface area contributed by atoms with Crippen molar-refractivity contribution in [2.75, 3.05) is 36.0 Å². The van der Waals surface area contributed by atoms with Gasteiger partial charge in [0.15, 0.2) is 5.54 Å². The number of hydrogen-bond donors (Lipinski definition) is 2. The van der Waals surface area contributed by atoms with E-state index >= 15 is 8.78 Å². The molecule has 1 unspecified atom stereocenters. The lowest BCUT2D eigenvalue weighted by molar-refractivity contribution is -0.103. The number of aromatic amines is 1. The summed E-state index contributed by atoms with van der Waals surface area (Å²) in [7, 11) is 0. The van der Waals surface area contributed by atoms with Gasteiger partial charge in [0.25, 0.3) is 0 Å². The van der Waals surface area contributed by atoms with Gasteiger partial charge in [-0.15, -0.1) is 0 Å². The summed E-state index contributed by atoms with van der Waals surface area (Å²) in [6, 6.07) is 22.5. The molecule has 0 aliphatic carbocycles. The first kappa shape index (κ1) is 36.3. The summed E-state index contributed by atoms with van der Waals surface area (Å²) in [5.41, 5.74) is -0.388. The number of anilines is 2. The average Bonchev–Trinajstić information content (AvgIpc) is 3.80. The number of nitrogens with one attached hydrogen (secondary N) is 1. The Balaban J connectivity index is 1.01. The van der Waals surface area contributed by atoms with Crippen LogP contribution in [0.4, 0.5) is 24.5 Å². The molecule has 1 aliphatic heterocycles. The van der Waals surface area contributed by atoms with E-state index in [1.54, 1.807) is 6.92 Å². The van der Waals surface area contributed by atoms with Crippen LogP contribution in [0.5, 0.6) is 0 Å². The van der Waals surface area contributed by atoms with Crippen LogP contribution in [0.1, 0.15) is 44.5 Å². The van der Waals surface area contributed by atoms with Crippen molar-refractivity contribution >= 4 is 11.4 Å². The van der Waals surface area contributed by atoms with Gasteiger partial charge in [0, 0.05) is 49.3 Å². The highest BCUT2D eigenvalue weighted by Gasteiger charge is 2.57. The fourth-order valence-corrected chi connectivity index (χ4v) is 7.07. The molecule has 6 aromatic rings. The number of benzene rings is 3. The molecule has 0 bridgehead atoms. The van der Waals surface area contributed by atoms with Gasteiger partial charge in [0.05, 0.1) is 17.8 Å². The summed E-state index contributed by atoms with van der Waals surface area (Å²) in [5, 5.41) is 23.3. The summed E-state index contributed by atoms with van der Waals surface area (Å²) >= 11 is 0. The Morgan fingerprint density at radius 1 is 0.870 bits per heavy atom. The molecule has 7 rings (SSSR count). The molecule has 3 aromatic carbocycles. The van der Waals surface area contributed by atoms with E-state index in [4.69, 9.17) is 0 Å². The van der Waals surface area contributed by atoms with E-state index in [2.05, 4.69) is 30.3 Å². The molecule has 3 aromatic heterocycles. The first-order chi connectivity index (χ1) is 25.9. The van der Waals surface area contributed by atoms with Crippen LogP contribution in [0.15, 0.2) is 107 Å². The number of aliphatic hydroxyl groups excluding tert-OH is 1. The zero-order chi connectivity index (χ0) is 38.2. The molecule has 1 saturated heterocycles. The fourth-order valence-electron chi connectivity index (χ4n) is 7.07. The first-order valence-corrected chi connectivity index (χ1v) is 17.6. The zero-order valence-corrected chi connectivity index (χ0v) is 29.9. The van der Waals surface area contributed by atoms with Crippen LogP contribution < -0.4 is 21.2 Å². The van der Waals surface area contributed by atoms with Crippen molar-refractivity contribution in [3.8, 4) is 16.8 Å². The van der Waals surface area contributed by atoms with Crippen LogP contribution in [-0.2, 0) is 11.5 Å². The van der Waals surface area contributed by atoms with Crippen LogP contribution in [0.25, 0.3) is 16.8 Å². The van der Waals surface area contributed by atoms with Crippen molar-refractivity contribution in [1.82, 2.24) is 39.5 Å². The van der Waals surface area contributed by atoms with Gasteiger partial charge in [-0.05, 0) is 96.4 Å². The third kappa shape index (κ3) is 6.46. The monoisotopic (exact) mass is 740 g/mol. The quantitative estimate of drug-likeness (QED) is 0.193. The summed E-state index contributed by atoms with van der Waals surface area (Å²) in [6.07, 6.45) is 2.71. The second-order valence-corrected chi connectivity index (χ2v) is 13.5. The highest BCUT2D eigenvalue weighted by atomic mass is 19.3. The number of alkyl halides is 2. The highest BCUT2D eigenvalue weighted by Crippen LogP contribution is 2.46. The van der Waals surface area contributed by atoms with Crippen molar-refractivity contribution in [2.24, 2.45) is 0 Å². The van der Waals surface area contributed by atoms with E-state index in [0.29, 0.717) is 22.4 Å². The molecular formula is C38H39F3N10O3. The molecular weight excluding hydrogens is 701 g/mol. The van der Waals surface area contributed by atoms with Crippen LogP contribution in [0, 0.1) is 5.82 Å². The predicted molar refractivity (Wildman–Crippen MR) is 197 cm³/mol. The molecule has 16 heteroatoms. The van der Waals surface area contributed by atoms with Gasteiger partial charge in [-0.3, -0.25) is 4.98 Å². The second kappa shape index (κ2) is 14.4. The van der Waals surface area contributed by atoms with Crippen molar-refractivity contribution in [1.29, 1.82) is 0 Å². The Morgan fingerprint density at radius 3 is 2.02 bits per heavy atom. The van der Waals surface area contributed by atoms with Crippen LogP contribution in [0.2, 0.25) is 0 Å². The van der Waals surface area contributed by atoms with Gasteiger partial charge >= 0.3 is 17.3 Å². The van der Waals surface area contributed by atoms with Gasteiger partial charge in [-0.25, -0.2) is 28.3 Å². The van der Waals surface area contributed by atoms with Crippen LogP contribution in [-0.4, -0.2) is 76.9 Å². The maximum atomic E-state index is 16.4. The number of halogens is 3. The topological polar surface area (TPSA) is 143 Å². The zero-order valence-electron chi connectivity index (χ0n) is 29.9. The number of H-pyrrole nitrogens is 1. The molecule has 3 atom stereocenters. The lowest BCUT2D eigenvalue weighted by atomic mass is 9.83. The highest BCUT2D eigenvalue weighted by molar-refractivity contribution is 5.66. The van der Waals surface area contributed by atoms with E-state index in [1.807, 2.05) is 60.6 Å². The molecule has 0 radical (unpaired) electrons. The molecule has 0 amide bonds. The van der Waals surface area contributed by atoms with Crippen molar-refractivity contribution in [2.45, 2.75) is 50.8 Å². The first-order valence-electron chi connectivity index (χ1n) is 17.6. The fraction of sp³-hybridized carbons (Fsp3) is 0.316. The normalized spacial score (nSPS) is 15.9. The third-order valence-corrected chi connectivity index (χ3v) is 10.3. The summed E-state index contributed by atoms with van der Waals surface area (Å²) in [4.78, 5) is 34.1. The predicted octanol–water partition coefficient (Wildman–Crippen LogP) is 4.73. The van der Waals surface area contributed by atoms with E-state index < -0.39 is 40.8 Å². The van der Waals surface area contributed by atoms with Crippen LogP contribution >= 0.6 is 0 Å². The van der Waals surface area contributed by atoms with Gasteiger partial charge in [0.1, 0.15) is 17.8 Å². The van der Waals surface area contributed by atoms with Crippen LogP contribution in [0.3, 0.4) is 0 Å². The molecule has 1 aliphatic rings. The van der Waals surface area contributed by atoms with E-state index in [0.717, 1.165) is 62.2 Å². The van der Waals surface area contributed by atoms with E-state index in [-0.39, 0.29) is 11.3 Å². The molecule has 0 spiro atoms. The molecule has 0 saturated carbocycles. The number of aromatic nitrogens is 8. The molecule has 13 nitrogen and oxygen atoms in total. The van der Waals surface area contributed by atoms with Gasteiger partial charge in [-0.1, -0.05) is 37.3 Å². The summed E-state index contributed by atoms with van der Waals surface area (Å²) < 4.78 is 50.3. The number of aliphatic hydroxyl groups is 1. The van der Waals surface area contributed by atoms with Crippen molar-refractivity contribution < 1.29 is 18.3 Å². The average molecular weight is 741 g/mol. The molecule has 1 fully saturated rings. The maximum absolute atomic E-state index is 16.4. The lowest BCUT2D eigenvalue weighted by Gasteiger charge is -2.37. The second-order valence-electron chi connectivity index (χ2n) is 13.5. The molecule has 54 heavy (non-hydrogen) atoms. The number of rotatable bonds is 11. The minimum Gasteiger partial charge on any atom is -0.391 e. The van der Waals surface area contributed by atoms with Gasteiger partial charge < -0.3 is 14.9 Å². The molecule has 4 heterocycles. The minimum atomic E-state index is -3.81. The molecule has 2 N–H and O–H groups in total. The maximum Gasteiger partial charge on any atom is 0.362 e. The number of pyridine rings is 1. The Bertz CT molecular complexity index is 2330. The standard InChI is InChI=1S/C38H39F3N10O3/c1-4-33(25(2)52)50-36(54)49(24-43-50)32-15-13-31(14-16-32)48-20-18-47(19-21-48)30-11-8-26(9-12-30)27-10-17-34(42-23-27)38(40,41)37(3,51-35(53)44-45-46-51)28-6-5-7-29(39)22-28/h5-17,22-25,33,52H,4,18-21H2,1-3H3,(H,44,46,53)/t25-,33-,37?/m0/s1. The Morgan fingerprint density at radius 2 is 1.48 bits per heavy atom. The number of nitrogens with zero attached hydrogens (tertiary/aromatic N) is 9. The Labute approximate surface area is 307 Å². The Hall–Kier alpha value is -6.03.